The molecule has 0 fully saturated rings. The molecule has 0 aliphatic rings. The summed E-state index contributed by atoms with van der Waals surface area (Å²) in [6, 6.07) is 0. The van der Waals surface area contributed by atoms with Gasteiger partial charge in [-0.3, -0.25) is 0 Å². The molecule has 0 aliphatic carbocycles. The van der Waals surface area contributed by atoms with E-state index in [-0.39, 0.29) is 79.3 Å². The van der Waals surface area contributed by atoms with Gasteiger partial charge in [0.1, 0.15) is 0 Å². The van der Waals surface area contributed by atoms with Crippen molar-refractivity contribution in [3.05, 3.63) is 42.7 Å². The van der Waals surface area contributed by atoms with Crippen LogP contribution in [0, 0.1) is 42.7 Å². The fraction of sp³-hybridized carbons (Fsp3) is 0.833. The van der Waals surface area contributed by atoms with E-state index in [0.29, 0.717) is 78.5 Å². The molecule has 6 atom stereocenters. The van der Waals surface area contributed by atoms with Crippen LogP contribution in [-0.4, -0.2) is 210 Å². The van der Waals surface area contributed by atoms with Crippen molar-refractivity contribution >= 4 is 0 Å². The first-order valence-electron chi connectivity index (χ1n) is 18.0. The molecular weight excluding hydrogens is 1550 g/mol. The van der Waals surface area contributed by atoms with Crippen LogP contribution in [0.1, 0.15) is 25.7 Å². The minimum atomic E-state index is -0.649. The van der Waals surface area contributed by atoms with Crippen molar-refractivity contribution in [2.75, 3.05) is 132 Å². The molecule has 0 aromatic heterocycles. The fourth-order valence-corrected chi connectivity index (χ4v) is 3.35. The first-order valence-corrected chi connectivity index (χ1v) is 18.0. The monoisotopic (exact) mass is 1630 g/mol. The largest absolute Gasteiger partial charge is 0.553 e. The van der Waals surface area contributed by atoms with E-state index in [2.05, 4.69) is 71.1 Å². The van der Waals surface area contributed by atoms with E-state index in [0.717, 1.165) is 0 Å². The van der Waals surface area contributed by atoms with Crippen LogP contribution in [0.5, 0.6) is 0 Å². The minimum Gasteiger partial charge on any atom is -0.553 e. The zero-order valence-corrected chi connectivity index (χ0v) is 54.5. The van der Waals surface area contributed by atoms with Gasteiger partial charge in [-0.15, -0.1) is 0 Å². The molecule has 0 rings (SSSR count). The van der Waals surface area contributed by atoms with E-state index >= 15 is 0 Å². The van der Waals surface area contributed by atoms with Gasteiger partial charge in [-0.1, -0.05) is 0 Å². The average molecular weight is 1630 g/mol. The van der Waals surface area contributed by atoms with Crippen molar-refractivity contribution in [3.63, 3.8) is 0 Å². The van der Waals surface area contributed by atoms with Gasteiger partial charge in [0.2, 0.25) is 0 Å². The second kappa shape index (κ2) is 60.9. The number of aliphatic hydroxyl groups is 8. The van der Waals surface area contributed by atoms with Gasteiger partial charge in [-0.25, -0.2) is 42.7 Å². The number of rotatable bonds is 38. The van der Waals surface area contributed by atoms with Crippen molar-refractivity contribution < 1.29 is 97.7 Å². The smallest absolute Gasteiger partial charge is 0.0976 e. The van der Waals surface area contributed by atoms with Crippen LogP contribution in [0.4, 0.5) is 0 Å². The van der Waals surface area contributed by atoms with Crippen LogP contribution in [0.25, 0.3) is 0 Å². The predicted molar refractivity (Wildman–Crippen MR) is 201 cm³/mol. The van der Waals surface area contributed by atoms with Crippen molar-refractivity contribution in [2.24, 2.45) is 0 Å². The summed E-state index contributed by atoms with van der Waals surface area (Å²) in [6.45, 7) is 5.42. The Bertz CT molecular complexity index is 605. The Labute approximate surface area is 334 Å². The summed E-state index contributed by atoms with van der Waals surface area (Å²) in [5.41, 5.74) is 0. The third-order valence-electron chi connectivity index (χ3n) is 5.92. The first kappa shape index (κ1) is 69.8. The second-order valence-corrected chi connectivity index (χ2v) is 11.4. The molecule has 23 heteroatoms. The molecule has 0 bridgehead atoms. The van der Waals surface area contributed by atoms with Gasteiger partial charge >= 0.3 is 0 Å². The molecule has 20 nitrogen and oxygen atoms in total. The topological polar surface area (TPSA) is 273 Å². The zero-order valence-electron chi connectivity index (χ0n) is 35.3. The predicted octanol–water partition coefficient (Wildman–Crippen LogP) is -1.40. The van der Waals surface area contributed by atoms with Crippen LogP contribution in [-0.2, 0) is 56.8 Å². The number of hydrogen-bond donors (Lipinski definition) is 8. The molecule has 0 heterocycles. The van der Waals surface area contributed by atoms with Gasteiger partial charge in [0, 0.05) is 79.3 Å². The van der Waals surface area contributed by atoms with Crippen molar-refractivity contribution in [3.8, 4) is 0 Å². The van der Waals surface area contributed by atoms with Gasteiger partial charge in [-0.2, -0.15) is 0 Å². The minimum absolute atomic E-state index is 0. The number of ether oxygens (including phenoxy) is 12. The average Bonchev–Trinajstić information content (AvgIpc) is 3.16. The first-order chi connectivity index (χ1) is 27.0. The van der Waals surface area contributed by atoms with Crippen molar-refractivity contribution in [1.29, 1.82) is 0 Å². The van der Waals surface area contributed by atoms with Crippen LogP contribution in [0.15, 0.2) is 0 Å². The Kier molecular flexibility index (Phi) is 72.0. The molecule has 8 N–H and O–H groups in total. The van der Waals surface area contributed by atoms with Crippen LogP contribution in [0.2, 0.25) is 0 Å². The summed E-state index contributed by atoms with van der Waals surface area (Å²) in [5.74, 6) is 0. The molecule has 0 saturated carbocycles. The molecular formula is C36H74O20Rf3-6. The van der Waals surface area contributed by atoms with Crippen LogP contribution >= 0.6 is 0 Å². The number of hydrogen-bond acceptors (Lipinski definition) is 20. The van der Waals surface area contributed by atoms with E-state index in [9.17, 15) is 20.4 Å². The zero-order chi connectivity index (χ0) is 42.9. The third kappa shape index (κ3) is 69.2. The van der Waals surface area contributed by atoms with Crippen molar-refractivity contribution in [2.45, 2.75) is 62.3 Å². The van der Waals surface area contributed by atoms with E-state index < -0.39 is 36.6 Å². The summed E-state index contributed by atoms with van der Waals surface area (Å²) < 4.78 is 57.4. The molecule has 0 aromatic carbocycles. The second-order valence-electron chi connectivity index (χ2n) is 11.4. The Hall–Kier alpha value is -3.80. The van der Waals surface area contributed by atoms with E-state index in [1.165, 1.54) is 0 Å². The van der Waals surface area contributed by atoms with Crippen molar-refractivity contribution in [1.82, 2.24) is 0 Å². The fourth-order valence-electron chi connectivity index (χ4n) is 3.35. The van der Waals surface area contributed by atoms with Gasteiger partial charge in [0.15, 0.2) is 0 Å². The third-order valence-corrected chi connectivity index (χ3v) is 5.92. The standard InChI is InChI=1S/2C11H22O6.2C7H15O4.3Rf/c2*1-14-6-10(12)8-16-4-3-5-17-9-11(13)7-15-2;2*1-10-6-7(9)2-4-11-5-3-8;;;/h2*10-13H,1-9H2;2*7-9H,1-6H2;;;/q2*-2;2*-1;;;. The van der Waals surface area contributed by atoms with Gasteiger partial charge in [0.25, 0.3) is 0 Å². The summed E-state index contributed by atoms with van der Waals surface area (Å²) >= 11 is 0. The summed E-state index contributed by atoms with van der Waals surface area (Å²) in [6.07, 6.45) is -1.24. The van der Waals surface area contributed by atoms with Gasteiger partial charge in [0.05, 0.1) is 89.5 Å². The molecule has 0 amide bonds. The molecule has 6 unspecified atom stereocenters. The molecule has 0 saturated heterocycles. The quantitative estimate of drug-likeness (QED) is 0.0261. The molecule has 350 valence electrons. The summed E-state index contributed by atoms with van der Waals surface area (Å²) in [7, 11) is 18.9. The molecule has 0 aromatic rings. The maximum absolute atomic E-state index is 9.21. The van der Waals surface area contributed by atoms with Gasteiger partial charge < -0.3 is 97.7 Å². The Morgan fingerprint density at radius 3 is 0.712 bits per heavy atom. The Morgan fingerprint density at radius 2 is 0.508 bits per heavy atom. The maximum atomic E-state index is 9.21. The Balaban J connectivity index is -0.000000123. The Morgan fingerprint density at radius 1 is 0.288 bits per heavy atom. The van der Waals surface area contributed by atoms with E-state index in [4.69, 9.17) is 48.8 Å². The van der Waals surface area contributed by atoms with Crippen LogP contribution in [0.3, 0.4) is 0 Å². The van der Waals surface area contributed by atoms with E-state index in [1.807, 2.05) is 0 Å². The normalized spacial score (nSPS) is 13.5. The molecule has 0 spiro atoms. The van der Waals surface area contributed by atoms with E-state index in [1.54, 1.807) is 0 Å². The summed E-state index contributed by atoms with van der Waals surface area (Å²) in [4.78, 5) is 0. The number of aliphatic hydroxyl groups excluding tert-OH is 8. The SMILES string of the molecule is [CH2-]OCC(O)CCOCCO.[CH2-]OCC(O)CCOCCO.[CH2-]OCC(O)COCCCOCC(O)CO[CH2-].[CH2-]OCC(O)COCCCOCC(O)CO[CH2-].[Rf].[Rf].[Rf]. The van der Waals surface area contributed by atoms with Gasteiger partial charge in [-0.05, 0) is 25.7 Å². The van der Waals surface area contributed by atoms with Crippen LogP contribution < -0.4 is 0 Å². The molecule has 0 aliphatic heterocycles. The molecule has 0 radical (unpaired) electrons. The summed E-state index contributed by atoms with van der Waals surface area (Å²) in [5, 5.41) is 71.5. The molecule has 59 heavy (non-hydrogen) atoms. The maximum Gasteiger partial charge on any atom is 0.0976 e.